The Morgan fingerprint density at radius 1 is 1.19 bits per heavy atom. The third kappa shape index (κ3) is 2.83. The summed E-state index contributed by atoms with van der Waals surface area (Å²) in [7, 11) is -3.12. The van der Waals surface area contributed by atoms with Gasteiger partial charge in [0.2, 0.25) is 0 Å². The molecule has 0 heterocycles. The van der Waals surface area contributed by atoms with Gasteiger partial charge in [0.25, 0.3) is 0 Å². The molecule has 0 aliphatic heterocycles. The molecule has 1 aromatic rings. The van der Waals surface area contributed by atoms with Crippen LogP contribution < -0.4 is 0 Å². The van der Waals surface area contributed by atoms with Crippen molar-refractivity contribution in [3.8, 4) is 0 Å². The van der Waals surface area contributed by atoms with Gasteiger partial charge in [0.05, 0.1) is 10.6 Å². The topological polar surface area (TPSA) is 54.4 Å². The number of rotatable bonds is 5. The Hall–Kier alpha value is -0.870. The van der Waals surface area contributed by atoms with Gasteiger partial charge in [-0.25, -0.2) is 8.42 Å². The second-order valence-electron chi connectivity index (χ2n) is 3.76. The Morgan fingerprint density at radius 3 is 2.12 bits per heavy atom. The fourth-order valence-electron chi connectivity index (χ4n) is 1.58. The Labute approximate surface area is 97.0 Å². The van der Waals surface area contributed by atoms with Crippen molar-refractivity contribution in [1.82, 2.24) is 0 Å². The highest BCUT2D eigenvalue weighted by Gasteiger charge is 2.13. The van der Waals surface area contributed by atoms with Crippen LogP contribution in [-0.2, 0) is 9.84 Å². The molecule has 0 radical (unpaired) electrons. The second-order valence-corrected chi connectivity index (χ2v) is 6.04. The van der Waals surface area contributed by atoms with E-state index in [1.54, 1.807) is 31.2 Å². The Kier molecular flexibility index (Phi) is 4.50. The zero-order valence-electron chi connectivity index (χ0n) is 9.68. The number of benzene rings is 1. The van der Waals surface area contributed by atoms with Gasteiger partial charge in [0.1, 0.15) is 0 Å². The summed E-state index contributed by atoms with van der Waals surface area (Å²) in [6.45, 7) is 3.72. The van der Waals surface area contributed by atoms with E-state index in [4.69, 9.17) is 5.11 Å². The molecule has 3 nitrogen and oxygen atoms in total. The maximum atomic E-state index is 11.6. The largest absolute Gasteiger partial charge is 0.396 e. The van der Waals surface area contributed by atoms with E-state index in [9.17, 15) is 8.42 Å². The minimum atomic E-state index is -3.12. The molecule has 0 saturated carbocycles. The predicted molar refractivity (Wildman–Crippen MR) is 64.3 cm³/mol. The normalized spacial score (nSPS) is 13.7. The van der Waals surface area contributed by atoms with E-state index in [1.165, 1.54) is 0 Å². The first-order chi connectivity index (χ1) is 7.55. The molecule has 0 fully saturated rings. The summed E-state index contributed by atoms with van der Waals surface area (Å²) >= 11 is 0. The molecular weight excluding hydrogens is 224 g/mol. The molecule has 0 aromatic heterocycles. The highest BCUT2D eigenvalue weighted by molar-refractivity contribution is 7.91. The third-order valence-electron chi connectivity index (χ3n) is 2.80. The molecule has 0 amide bonds. The zero-order chi connectivity index (χ0) is 12.2. The molecule has 0 aliphatic carbocycles. The molecule has 4 heteroatoms. The molecule has 1 N–H and O–H groups in total. The molecule has 1 aromatic carbocycles. The van der Waals surface area contributed by atoms with Crippen molar-refractivity contribution in [3.05, 3.63) is 29.8 Å². The van der Waals surface area contributed by atoms with Crippen LogP contribution in [0.1, 0.15) is 31.7 Å². The van der Waals surface area contributed by atoms with E-state index in [2.05, 4.69) is 0 Å². The molecule has 0 aliphatic rings. The molecule has 16 heavy (non-hydrogen) atoms. The lowest BCUT2D eigenvalue weighted by Gasteiger charge is -2.12. The fraction of sp³-hybridized carbons (Fsp3) is 0.500. The highest BCUT2D eigenvalue weighted by atomic mass is 32.2. The quantitative estimate of drug-likeness (QED) is 0.858. The lowest BCUT2D eigenvalue weighted by molar-refractivity contribution is 0.262. The first-order valence-electron chi connectivity index (χ1n) is 5.48. The summed E-state index contributed by atoms with van der Waals surface area (Å²) in [4.78, 5) is 0.353. The van der Waals surface area contributed by atoms with Gasteiger partial charge in [0.15, 0.2) is 9.84 Å². The lowest BCUT2D eigenvalue weighted by Crippen LogP contribution is -2.06. The number of aliphatic hydroxyl groups excluding tert-OH is 1. The van der Waals surface area contributed by atoms with Gasteiger partial charge in [-0.05, 0) is 24.1 Å². The van der Waals surface area contributed by atoms with Crippen LogP contribution in [0.3, 0.4) is 0 Å². The minimum absolute atomic E-state index is 0.0936. The molecule has 0 bridgehead atoms. The van der Waals surface area contributed by atoms with E-state index in [1.807, 2.05) is 6.92 Å². The van der Waals surface area contributed by atoms with Crippen molar-refractivity contribution >= 4 is 9.84 Å². The minimum Gasteiger partial charge on any atom is -0.396 e. The Morgan fingerprint density at radius 2 is 1.75 bits per heavy atom. The van der Waals surface area contributed by atoms with Crippen LogP contribution in [0.15, 0.2) is 29.2 Å². The second kappa shape index (κ2) is 5.46. The lowest BCUT2D eigenvalue weighted by atomic mass is 9.98. The molecule has 1 atom stereocenters. The van der Waals surface area contributed by atoms with Gasteiger partial charge >= 0.3 is 0 Å². The van der Waals surface area contributed by atoms with E-state index in [0.717, 1.165) is 12.0 Å². The van der Waals surface area contributed by atoms with Gasteiger partial charge in [-0.3, -0.25) is 0 Å². The van der Waals surface area contributed by atoms with E-state index in [0.29, 0.717) is 4.90 Å². The first kappa shape index (κ1) is 13.2. The Balaban J connectivity index is 3.00. The average molecular weight is 242 g/mol. The van der Waals surface area contributed by atoms with Crippen LogP contribution in [0.25, 0.3) is 0 Å². The van der Waals surface area contributed by atoms with Gasteiger partial charge in [-0.1, -0.05) is 26.0 Å². The zero-order valence-corrected chi connectivity index (χ0v) is 10.5. The monoisotopic (exact) mass is 242 g/mol. The molecule has 0 spiro atoms. The van der Waals surface area contributed by atoms with Crippen molar-refractivity contribution in [2.45, 2.75) is 31.1 Å². The SMILES string of the molecule is CC[C@@H](CO)c1ccc(S(=O)(=O)CC)cc1. The highest BCUT2D eigenvalue weighted by Crippen LogP contribution is 2.21. The van der Waals surface area contributed by atoms with Crippen LogP contribution in [0.5, 0.6) is 0 Å². The van der Waals surface area contributed by atoms with Crippen molar-refractivity contribution < 1.29 is 13.5 Å². The van der Waals surface area contributed by atoms with Gasteiger partial charge in [0, 0.05) is 12.5 Å². The summed E-state index contributed by atoms with van der Waals surface area (Å²) in [5.74, 6) is 0.210. The maximum Gasteiger partial charge on any atom is 0.178 e. The maximum absolute atomic E-state index is 11.6. The number of sulfone groups is 1. The van der Waals surface area contributed by atoms with Crippen LogP contribution >= 0.6 is 0 Å². The van der Waals surface area contributed by atoms with Crippen LogP contribution in [0.4, 0.5) is 0 Å². The van der Waals surface area contributed by atoms with Crippen LogP contribution in [0.2, 0.25) is 0 Å². The van der Waals surface area contributed by atoms with Crippen molar-refractivity contribution in [3.63, 3.8) is 0 Å². The average Bonchev–Trinajstić information content (AvgIpc) is 2.31. The number of aliphatic hydroxyl groups is 1. The summed E-state index contributed by atoms with van der Waals surface area (Å²) in [6, 6.07) is 6.80. The summed E-state index contributed by atoms with van der Waals surface area (Å²) in [5.41, 5.74) is 0.986. The number of hydrogen-bond acceptors (Lipinski definition) is 3. The van der Waals surface area contributed by atoms with Crippen molar-refractivity contribution in [1.29, 1.82) is 0 Å². The summed E-state index contributed by atoms with van der Waals surface area (Å²) in [5, 5.41) is 9.14. The van der Waals surface area contributed by atoms with Crippen LogP contribution in [0, 0.1) is 0 Å². The van der Waals surface area contributed by atoms with Crippen LogP contribution in [-0.4, -0.2) is 25.9 Å². The Bertz CT molecular complexity index is 416. The molecule has 1 rings (SSSR count). The van der Waals surface area contributed by atoms with Gasteiger partial charge in [-0.2, -0.15) is 0 Å². The fourth-order valence-corrected chi connectivity index (χ4v) is 2.47. The molecule has 90 valence electrons. The van der Waals surface area contributed by atoms with Crippen molar-refractivity contribution in [2.24, 2.45) is 0 Å². The third-order valence-corrected chi connectivity index (χ3v) is 4.55. The smallest absolute Gasteiger partial charge is 0.178 e. The molecule has 0 saturated heterocycles. The van der Waals surface area contributed by atoms with Gasteiger partial charge in [-0.15, -0.1) is 0 Å². The van der Waals surface area contributed by atoms with Crippen molar-refractivity contribution in [2.75, 3.05) is 12.4 Å². The van der Waals surface area contributed by atoms with E-state index in [-0.39, 0.29) is 18.3 Å². The standard InChI is InChI=1S/C12H18O3S/c1-3-10(9-13)11-5-7-12(8-6-11)16(14,15)4-2/h5-8,10,13H,3-4,9H2,1-2H3/t10-/m0/s1. The predicted octanol–water partition coefficient (Wildman–Crippen LogP) is 1.97. The first-order valence-corrected chi connectivity index (χ1v) is 7.14. The summed E-state index contributed by atoms with van der Waals surface area (Å²) < 4.78 is 23.1. The van der Waals surface area contributed by atoms with E-state index < -0.39 is 9.84 Å². The number of hydrogen-bond donors (Lipinski definition) is 1. The van der Waals surface area contributed by atoms with Gasteiger partial charge < -0.3 is 5.11 Å². The molecule has 0 unspecified atom stereocenters. The summed E-state index contributed by atoms with van der Waals surface area (Å²) in [6.07, 6.45) is 0.844. The molecular formula is C12H18O3S. The van der Waals surface area contributed by atoms with E-state index >= 15 is 0 Å².